The maximum atomic E-state index is 5.52. The standard InChI is InChI=1S/C8H14N4/c1-6(4-9)12-5-10-8(11-12)7-2-3-7/h5-7H,2-4,9H2,1H3. The average Bonchev–Trinajstić information content (AvgIpc) is 2.83. The highest BCUT2D eigenvalue weighted by atomic mass is 15.3. The van der Waals surface area contributed by atoms with Crippen LogP contribution in [0.3, 0.4) is 0 Å². The molecular weight excluding hydrogens is 152 g/mol. The molecule has 1 atom stereocenters. The van der Waals surface area contributed by atoms with Crippen LogP contribution in [0, 0.1) is 0 Å². The Morgan fingerprint density at radius 1 is 1.75 bits per heavy atom. The van der Waals surface area contributed by atoms with Gasteiger partial charge in [-0.3, -0.25) is 0 Å². The first-order valence-corrected chi connectivity index (χ1v) is 4.42. The van der Waals surface area contributed by atoms with E-state index in [0.29, 0.717) is 12.5 Å². The Kier molecular flexibility index (Phi) is 1.84. The van der Waals surface area contributed by atoms with Gasteiger partial charge in [0, 0.05) is 12.5 Å². The molecule has 0 saturated heterocycles. The zero-order valence-electron chi connectivity index (χ0n) is 7.27. The summed E-state index contributed by atoms with van der Waals surface area (Å²) in [5.41, 5.74) is 5.52. The van der Waals surface area contributed by atoms with Gasteiger partial charge in [0.05, 0.1) is 6.04 Å². The van der Waals surface area contributed by atoms with Crippen LogP contribution in [0.2, 0.25) is 0 Å². The van der Waals surface area contributed by atoms with Gasteiger partial charge in [-0.05, 0) is 19.8 Å². The number of nitrogens with zero attached hydrogens (tertiary/aromatic N) is 3. The summed E-state index contributed by atoms with van der Waals surface area (Å²) in [6.07, 6.45) is 4.28. The van der Waals surface area contributed by atoms with Crippen molar-refractivity contribution in [2.24, 2.45) is 5.73 Å². The van der Waals surface area contributed by atoms with Crippen LogP contribution >= 0.6 is 0 Å². The quantitative estimate of drug-likeness (QED) is 0.718. The molecule has 0 bridgehead atoms. The lowest BCUT2D eigenvalue weighted by molar-refractivity contribution is 0.495. The van der Waals surface area contributed by atoms with Gasteiger partial charge >= 0.3 is 0 Å². The minimum atomic E-state index is 0.269. The molecule has 2 rings (SSSR count). The number of hydrogen-bond donors (Lipinski definition) is 1. The fourth-order valence-corrected chi connectivity index (χ4v) is 1.14. The summed E-state index contributed by atoms with van der Waals surface area (Å²) >= 11 is 0. The predicted octanol–water partition coefficient (Wildman–Crippen LogP) is 0.675. The van der Waals surface area contributed by atoms with Crippen LogP contribution in [-0.4, -0.2) is 21.3 Å². The lowest BCUT2D eigenvalue weighted by Gasteiger charge is -2.06. The van der Waals surface area contributed by atoms with E-state index in [9.17, 15) is 0 Å². The van der Waals surface area contributed by atoms with Gasteiger partial charge in [-0.1, -0.05) is 0 Å². The monoisotopic (exact) mass is 166 g/mol. The number of nitrogens with two attached hydrogens (primary N) is 1. The molecule has 1 aliphatic rings. The molecule has 4 heteroatoms. The van der Waals surface area contributed by atoms with Crippen LogP contribution in [0.25, 0.3) is 0 Å². The summed E-state index contributed by atoms with van der Waals surface area (Å²) in [6.45, 7) is 2.67. The van der Waals surface area contributed by atoms with Gasteiger partial charge in [-0.2, -0.15) is 5.10 Å². The van der Waals surface area contributed by atoms with E-state index in [1.807, 2.05) is 11.6 Å². The average molecular weight is 166 g/mol. The Balaban J connectivity index is 2.12. The van der Waals surface area contributed by atoms with Gasteiger partial charge in [-0.25, -0.2) is 9.67 Å². The van der Waals surface area contributed by atoms with E-state index in [2.05, 4.69) is 10.1 Å². The van der Waals surface area contributed by atoms with Crippen LogP contribution in [0.1, 0.15) is 37.5 Å². The van der Waals surface area contributed by atoms with Crippen molar-refractivity contribution in [2.75, 3.05) is 6.54 Å². The molecule has 1 aromatic heterocycles. The molecule has 66 valence electrons. The largest absolute Gasteiger partial charge is 0.328 e. The minimum absolute atomic E-state index is 0.269. The third-order valence-electron chi connectivity index (χ3n) is 2.26. The Morgan fingerprint density at radius 3 is 3.08 bits per heavy atom. The van der Waals surface area contributed by atoms with Gasteiger partial charge in [0.1, 0.15) is 6.33 Å². The van der Waals surface area contributed by atoms with Crippen molar-refractivity contribution >= 4 is 0 Å². The first-order chi connectivity index (χ1) is 5.81. The Labute approximate surface area is 71.8 Å². The molecule has 1 saturated carbocycles. The smallest absolute Gasteiger partial charge is 0.153 e. The van der Waals surface area contributed by atoms with Crippen molar-refractivity contribution in [3.63, 3.8) is 0 Å². The highest BCUT2D eigenvalue weighted by Gasteiger charge is 2.27. The highest BCUT2D eigenvalue weighted by molar-refractivity contribution is 5.02. The van der Waals surface area contributed by atoms with Crippen molar-refractivity contribution in [1.82, 2.24) is 14.8 Å². The SMILES string of the molecule is CC(CN)n1cnc(C2CC2)n1. The van der Waals surface area contributed by atoms with E-state index >= 15 is 0 Å². The zero-order chi connectivity index (χ0) is 8.55. The van der Waals surface area contributed by atoms with Gasteiger partial charge in [0.15, 0.2) is 5.82 Å². The number of aromatic nitrogens is 3. The summed E-state index contributed by atoms with van der Waals surface area (Å²) in [5, 5.41) is 4.37. The second-order valence-corrected chi connectivity index (χ2v) is 3.44. The lowest BCUT2D eigenvalue weighted by atomic mass is 10.4. The minimum Gasteiger partial charge on any atom is -0.328 e. The fourth-order valence-electron chi connectivity index (χ4n) is 1.14. The summed E-state index contributed by atoms with van der Waals surface area (Å²) < 4.78 is 1.85. The normalized spacial score (nSPS) is 19.5. The van der Waals surface area contributed by atoms with Crippen LogP contribution in [0.4, 0.5) is 0 Å². The Bertz CT molecular complexity index is 264. The third kappa shape index (κ3) is 1.34. The van der Waals surface area contributed by atoms with Crippen LogP contribution in [-0.2, 0) is 0 Å². The molecule has 1 fully saturated rings. The predicted molar refractivity (Wildman–Crippen MR) is 45.8 cm³/mol. The number of hydrogen-bond acceptors (Lipinski definition) is 3. The molecular formula is C8H14N4. The molecule has 1 unspecified atom stereocenters. The molecule has 4 nitrogen and oxygen atoms in total. The van der Waals surface area contributed by atoms with Gasteiger partial charge in [0.25, 0.3) is 0 Å². The molecule has 1 heterocycles. The molecule has 0 aromatic carbocycles. The van der Waals surface area contributed by atoms with Gasteiger partial charge < -0.3 is 5.73 Å². The molecule has 0 radical (unpaired) electrons. The van der Waals surface area contributed by atoms with Crippen molar-refractivity contribution < 1.29 is 0 Å². The van der Waals surface area contributed by atoms with E-state index < -0.39 is 0 Å². The highest BCUT2D eigenvalue weighted by Crippen LogP contribution is 2.37. The Hall–Kier alpha value is -0.900. The molecule has 1 aliphatic carbocycles. The van der Waals surface area contributed by atoms with Gasteiger partial charge in [-0.15, -0.1) is 0 Å². The van der Waals surface area contributed by atoms with E-state index in [0.717, 1.165) is 5.82 Å². The molecule has 0 amide bonds. The molecule has 12 heavy (non-hydrogen) atoms. The zero-order valence-corrected chi connectivity index (χ0v) is 7.27. The molecule has 1 aromatic rings. The summed E-state index contributed by atoms with van der Waals surface area (Å²) in [4.78, 5) is 4.24. The second-order valence-electron chi connectivity index (χ2n) is 3.44. The summed E-state index contributed by atoms with van der Waals surface area (Å²) in [6, 6.07) is 0.269. The van der Waals surface area contributed by atoms with Gasteiger partial charge in [0.2, 0.25) is 0 Å². The van der Waals surface area contributed by atoms with E-state index in [1.165, 1.54) is 12.8 Å². The van der Waals surface area contributed by atoms with Crippen LogP contribution in [0.5, 0.6) is 0 Å². The van der Waals surface area contributed by atoms with Crippen molar-refractivity contribution in [2.45, 2.75) is 31.7 Å². The van der Waals surface area contributed by atoms with Crippen LogP contribution < -0.4 is 5.73 Å². The summed E-state index contributed by atoms with van der Waals surface area (Å²) in [7, 11) is 0. The van der Waals surface area contributed by atoms with Crippen molar-refractivity contribution in [3.05, 3.63) is 12.2 Å². The van der Waals surface area contributed by atoms with E-state index in [1.54, 1.807) is 6.33 Å². The Morgan fingerprint density at radius 2 is 2.50 bits per heavy atom. The second kappa shape index (κ2) is 2.86. The molecule has 2 N–H and O–H groups in total. The summed E-state index contributed by atoms with van der Waals surface area (Å²) in [5.74, 6) is 1.63. The topological polar surface area (TPSA) is 56.7 Å². The van der Waals surface area contributed by atoms with Crippen LogP contribution in [0.15, 0.2) is 6.33 Å². The third-order valence-corrected chi connectivity index (χ3v) is 2.26. The maximum Gasteiger partial charge on any atom is 0.153 e. The van der Waals surface area contributed by atoms with Crippen molar-refractivity contribution in [1.29, 1.82) is 0 Å². The van der Waals surface area contributed by atoms with E-state index in [-0.39, 0.29) is 6.04 Å². The molecule has 0 spiro atoms. The molecule has 0 aliphatic heterocycles. The number of rotatable bonds is 3. The maximum absolute atomic E-state index is 5.52. The van der Waals surface area contributed by atoms with Crippen molar-refractivity contribution in [3.8, 4) is 0 Å². The fraction of sp³-hybridized carbons (Fsp3) is 0.750. The first kappa shape index (κ1) is 7.73. The van der Waals surface area contributed by atoms with E-state index in [4.69, 9.17) is 5.73 Å². The first-order valence-electron chi connectivity index (χ1n) is 4.42. The lowest BCUT2D eigenvalue weighted by Crippen LogP contribution is -2.16.